The maximum absolute atomic E-state index is 12.3. The monoisotopic (exact) mass is 233 g/mol. The lowest BCUT2D eigenvalue weighted by molar-refractivity contribution is -0.430. The Morgan fingerprint density at radius 1 is 1.44 bits per heavy atom. The molecule has 0 aromatic heterocycles. The van der Waals surface area contributed by atoms with E-state index < -0.39 is 30.2 Å². The number of carboxylic acids is 1. The zero-order valence-electron chi connectivity index (χ0n) is 8.25. The Morgan fingerprint density at radius 3 is 2.56 bits per heavy atom. The summed E-state index contributed by atoms with van der Waals surface area (Å²) in [6.45, 7) is 0. The Kier molecular flexibility index (Phi) is 3.54. The van der Waals surface area contributed by atoms with Crippen molar-refractivity contribution in [2.45, 2.75) is 18.6 Å². The summed E-state index contributed by atoms with van der Waals surface area (Å²) in [5.41, 5.74) is 2.91. The number of halogens is 3. The Balaban J connectivity index is 2.94. The minimum absolute atomic E-state index is 0.235. The number of alkyl halides is 3. The maximum atomic E-state index is 12.3. The van der Waals surface area contributed by atoms with Crippen LogP contribution in [0.2, 0.25) is 0 Å². The summed E-state index contributed by atoms with van der Waals surface area (Å²) in [6.07, 6.45) is -4.83. The van der Waals surface area contributed by atoms with E-state index in [4.69, 9.17) is 0 Å². The summed E-state index contributed by atoms with van der Waals surface area (Å²) in [4.78, 5) is 10.3. The SMILES string of the molecule is [NH3+][C@@H](CC(=O)[O-])c1cccc(C(F)(F)F)c1. The molecule has 16 heavy (non-hydrogen) atoms. The van der Waals surface area contributed by atoms with Gasteiger partial charge in [-0.05, 0) is 12.1 Å². The molecule has 0 amide bonds. The van der Waals surface area contributed by atoms with Crippen LogP contribution in [-0.2, 0) is 11.0 Å². The standard InChI is InChI=1S/C10H10F3NO2/c11-10(12,13)7-3-1-2-6(4-7)8(14)5-9(15)16/h1-4,8H,5,14H2,(H,15,16)/t8-/m0/s1. The average Bonchev–Trinajstić information content (AvgIpc) is 2.15. The Labute approximate surface area is 89.7 Å². The Bertz CT molecular complexity index is 390. The number of carboxylic acid groups (broad SMARTS) is 1. The van der Waals surface area contributed by atoms with Gasteiger partial charge in [-0.2, -0.15) is 13.2 Å². The molecule has 3 nitrogen and oxygen atoms in total. The van der Waals surface area contributed by atoms with Crippen LogP contribution in [0.1, 0.15) is 23.6 Å². The molecule has 6 heteroatoms. The molecule has 88 valence electrons. The lowest BCUT2D eigenvalue weighted by Crippen LogP contribution is -2.55. The van der Waals surface area contributed by atoms with Gasteiger partial charge in [0.15, 0.2) is 0 Å². The molecule has 1 aromatic rings. The Hall–Kier alpha value is -1.56. The van der Waals surface area contributed by atoms with E-state index in [1.54, 1.807) is 0 Å². The third kappa shape index (κ3) is 3.23. The molecule has 0 spiro atoms. The zero-order valence-corrected chi connectivity index (χ0v) is 8.25. The van der Waals surface area contributed by atoms with Gasteiger partial charge in [0.05, 0.1) is 5.56 Å². The van der Waals surface area contributed by atoms with Gasteiger partial charge in [-0.1, -0.05) is 12.1 Å². The fraction of sp³-hybridized carbons (Fsp3) is 0.300. The van der Waals surface area contributed by atoms with Crippen molar-refractivity contribution in [2.24, 2.45) is 0 Å². The van der Waals surface area contributed by atoms with E-state index in [9.17, 15) is 23.1 Å². The van der Waals surface area contributed by atoms with Gasteiger partial charge < -0.3 is 15.6 Å². The molecule has 1 atom stereocenters. The molecule has 0 fully saturated rings. The highest BCUT2D eigenvalue weighted by Crippen LogP contribution is 2.30. The van der Waals surface area contributed by atoms with Gasteiger partial charge in [-0.15, -0.1) is 0 Å². The first-order valence-electron chi connectivity index (χ1n) is 4.51. The largest absolute Gasteiger partial charge is 0.550 e. The van der Waals surface area contributed by atoms with E-state index in [2.05, 4.69) is 5.73 Å². The van der Waals surface area contributed by atoms with Crippen LogP contribution in [0.5, 0.6) is 0 Å². The third-order valence-corrected chi connectivity index (χ3v) is 2.10. The van der Waals surface area contributed by atoms with E-state index in [-0.39, 0.29) is 5.56 Å². The molecule has 0 saturated carbocycles. The number of carbonyl (C=O) groups excluding carboxylic acids is 1. The molecule has 0 radical (unpaired) electrons. The smallest absolute Gasteiger partial charge is 0.416 e. The van der Waals surface area contributed by atoms with Crippen LogP contribution >= 0.6 is 0 Å². The minimum Gasteiger partial charge on any atom is -0.550 e. The lowest BCUT2D eigenvalue weighted by atomic mass is 10.0. The van der Waals surface area contributed by atoms with Crippen molar-refractivity contribution >= 4 is 5.97 Å². The normalized spacial score (nSPS) is 13.5. The van der Waals surface area contributed by atoms with Crippen LogP contribution in [0.15, 0.2) is 24.3 Å². The fourth-order valence-electron chi connectivity index (χ4n) is 1.29. The summed E-state index contributed by atoms with van der Waals surface area (Å²) in [5, 5.41) is 10.3. The molecule has 0 aliphatic carbocycles. The number of quaternary nitrogens is 1. The quantitative estimate of drug-likeness (QED) is 0.806. The molecule has 1 aromatic carbocycles. The predicted octanol–water partition coefficient (Wildman–Crippen LogP) is 0.128. The van der Waals surface area contributed by atoms with E-state index in [1.165, 1.54) is 12.1 Å². The van der Waals surface area contributed by atoms with Crippen molar-refractivity contribution in [3.63, 3.8) is 0 Å². The van der Waals surface area contributed by atoms with Gasteiger partial charge in [0.25, 0.3) is 0 Å². The number of benzene rings is 1. The van der Waals surface area contributed by atoms with Crippen molar-refractivity contribution in [3.05, 3.63) is 35.4 Å². The molecule has 0 heterocycles. The summed E-state index contributed by atoms with van der Waals surface area (Å²) >= 11 is 0. The van der Waals surface area contributed by atoms with Gasteiger partial charge in [0, 0.05) is 18.0 Å². The molecule has 3 N–H and O–H groups in total. The second-order valence-electron chi connectivity index (χ2n) is 3.40. The summed E-state index contributed by atoms with van der Waals surface area (Å²) in [7, 11) is 0. The zero-order chi connectivity index (χ0) is 12.3. The van der Waals surface area contributed by atoms with Crippen LogP contribution in [0.25, 0.3) is 0 Å². The molecular weight excluding hydrogens is 223 g/mol. The fourth-order valence-corrected chi connectivity index (χ4v) is 1.29. The Morgan fingerprint density at radius 2 is 2.06 bits per heavy atom. The van der Waals surface area contributed by atoms with Crippen molar-refractivity contribution in [3.8, 4) is 0 Å². The lowest BCUT2D eigenvalue weighted by Gasteiger charge is -2.12. The summed E-state index contributed by atoms with van der Waals surface area (Å²) < 4.78 is 37.0. The summed E-state index contributed by atoms with van der Waals surface area (Å²) in [6, 6.07) is 3.73. The maximum Gasteiger partial charge on any atom is 0.416 e. The molecule has 0 aliphatic rings. The molecule has 0 saturated heterocycles. The first kappa shape index (κ1) is 12.5. The van der Waals surface area contributed by atoms with Crippen LogP contribution in [0.3, 0.4) is 0 Å². The first-order chi connectivity index (χ1) is 7.30. The summed E-state index contributed by atoms with van der Waals surface area (Å²) in [5.74, 6) is -1.34. The molecule has 0 unspecified atom stereocenters. The topological polar surface area (TPSA) is 67.8 Å². The van der Waals surface area contributed by atoms with Gasteiger partial charge in [0.2, 0.25) is 0 Å². The van der Waals surface area contributed by atoms with Crippen LogP contribution in [0, 0.1) is 0 Å². The first-order valence-corrected chi connectivity index (χ1v) is 4.51. The molecule has 0 bridgehead atoms. The van der Waals surface area contributed by atoms with Crippen molar-refractivity contribution in [1.82, 2.24) is 0 Å². The number of rotatable bonds is 3. The minimum atomic E-state index is -4.43. The van der Waals surface area contributed by atoms with Crippen LogP contribution < -0.4 is 10.8 Å². The van der Waals surface area contributed by atoms with Gasteiger partial charge in [-0.25, -0.2) is 0 Å². The van der Waals surface area contributed by atoms with E-state index in [0.29, 0.717) is 0 Å². The highest BCUT2D eigenvalue weighted by Gasteiger charge is 2.30. The van der Waals surface area contributed by atoms with Crippen LogP contribution in [-0.4, -0.2) is 5.97 Å². The van der Waals surface area contributed by atoms with Gasteiger partial charge in [-0.3, -0.25) is 0 Å². The number of hydrogen-bond donors (Lipinski definition) is 1. The van der Waals surface area contributed by atoms with Gasteiger partial charge in [0.1, 0.15) is 6.04 Å². The van der Waals surface area contributed by atoms with E-state index in [1.807, 2.05) is 0 Å². The predicted molar refractivity (Wildman–Crippen MR) is 46.7 cm³/mol. The van der Waals surface area contributed by atoms with E-state index >= 15 is 0 Å². The highest BCUT2D eigenvalue weighted by atomic mass is 19.4. The molecule has 0 aliphatic heterocycles. The highest BCUT2D eigenvalue weighted by molar-refractivity contribution is 5.65. The van der Waals surface area contributed by atoms with Crippen molar-refractivity contribution < 1.29 is 28.8 Å². The second kappa shape index (κ2) is 4.52. The third-order valence-electron chi connectivity index (χ3n) is 2.10. The second-order valence-corrected chi connectivity index (χ2v) is 3.40. The molecule has 1 rings (SSSR count). The molecular formula is C10H10F3NO2. The van der Waals surface area contributed by atoms with Crippen molar-refractivity contribution in [1.29, 1.82) is 0 Å². The number of hydrogen-bond acceptors (Lipinski definition) is 2. The number of aliphatic carboxylic acids is 1. The van der Waals surface area contributed by atoms with E-state index in [0.717, 1.165) is 12.1 Å². The van der Waals surface area contributed by atoms with Gasteiger partial charge >= 0.3 is 6.18 Å². The number of carbonyl (C=O) groups is 1. The van der Waals surface area contributed by atoms with Crippen molar-refractivity contribution in [2.75, 3.05) is 0 Å². The average molecular weight is 233 g/mol. The van der Waals surface area contributed by atoms with Crippen LogP contribution in [0.4, 0.5) is 13.2 Å².